The van der Waals surface area contributed by atoms with E-state index in [4.69, 9.17) is 16.0 Å². The number of hydrogen-bond donors (Lipinski definition) is 2. The molecule has 0 aliphatic heterocycles. The molecule has 0 fully saturated rings. The summed E-state index contributed by atoms with van der Waals surface area (Å²) in [6.07, 6.45) is 1.67. The normalized spacial score (nSPS) is 12.6. The second kappa shape index (κ2) is 5.34. The molecule has 1 unspecified atom stereocenters. The molecule has 20 heavy (non-hydrogen) atoms. The Morgan fingerprint density at radius 3 is 2.75 bits per heavy atom. The van der Waals surface area contributed by atoms with Gasteiger partial charge < -0.3 is 9.73 Å². The second-order valence-corrected chi connectivity index (χ2v) is 6.29. The number of aromatic nitrogens is 2. The van der Waals surface area contributed by atoms with Crippen LogP contribution in [0.2, 0.25) is 4.34 Å². The molecule has 0 saturated heterocycles. The summed E-state index contributed by atoms with van der Waals surface area (Å²) in [5.41, 5.74) is 2.93. The molecule has 4 nitrogen and oxygen atoms in total. The third kappa shape index (κ3) is 2.46. The molecule has 3 aromatic rings. The van der Waals surface area contributed by atoms with Gasteiger partial charge in [0.1, 0.15) is 11.8 Å². The van der Waals surface area contributed by atoms with Gasteiger partial charge in [0, 0.05) is 4.88 Å². The van der Waals surface area contributed by atoms with E-state index < -0.39 is 0 Å². The van der Waals surface area contributed by atoms with Crippen LogP contribution in [0.25, 0.3) is 0 Å². The molecular formula is C14H14ClN3OS. The number of rotatable bonds is 4. The smallest absolute Gasteiger partial charge is 0.131 e. The van der Waals surface area contributed by atoms with E-state index in [0.29, 0.717) is 0 Å². The molecule has 104 valence electrons. The van der Waals surface area contributed by atoms with Crippen LogP contribution in [0.15, 0.2) is 34.9 Å². The SMILES string of the molecule is Cc1n[nH]c(C)c1NC(c1ccco1)c1ccc(Cl)s1. The zero-order valence-corrected chi connectivity index (χ0v) is 12.7. The predicted molar refractivity (Wildman–Crippen MR) is 81.6 cm³/mol. The fraction of sp³-hybridized carbons (Fsp3) is 0.214. The summed E-state index contributed by atoms with van der Waals surface area (Å²) in [7, 11) is 0. The van der Waals surface area contributed by atoms with E-state index in [9.17, 15) is 0 Å². The highest BCUT2D eigenvalue weighted by atomic mass is 35.5. The number of aromatic amines is 1. The molecule has 3 heterocycles. The Morgan fingerprint density at radius 2 is 2.20 bits per heavy atom. The van der Waals surface area contributed by atoms with Gasteiger partial charge in [0.05, 0.1) is 27.7 Å². The number of furan rings is 1. The molecule has 0 saturated carbocycles. The topological polar surface area (TPSA) is 53.9 Å². The van der Waals surface area contributed by atoms with Gasteiger partial charge in [-0.15, -0.1) is 11.3 Å². The van der Waals surface area contributed by atoms with Crippen molar-refractivity contribution in [1.29, 1.82) is 0 Å². The first kappa shape index (κ1) is 13.3. The van der Waals surface area contributed by atoms with Gasteiger partial charge in [-0.3, -0.25) is 5.10 Å². The fourth-order valence-corrected chi connectivity index (χ4v) is 3.25. The van der Waals surface area contributed by atoms with Crippen molar-refractivity contribution in [1.82, 2.24) is 10.2 Å². The number of H-pyrrole nitrogens is 1. The molecule has 1 atom stereocenters. The predicted octanol–water partition coefficient (Wildman–Crippen LogP) is 4.54. The average molecular weight is 308 g/mol. The van der Waals surface area contributed by atoms with Gasteiger partial charge in [0.2, 0.25) is 0 Å². The van der Waals surface area contributed by atoms with Crippen LogP contribution in [0.4, 0.5) is 5.69 Å². The molecule has 0 aromatic carbocycles. The summed E-state index contributed by atoms with van der Waals surface area (Å²) >= 11 is 7.59. The second-order valence-electron chi connectivity index (χ2n) is 4.54. The lowest BCUT2D eigenvalue weighted by Gasteiger charge is -2.16. The molecule has 0 aliphatic rings. The first-order valence-corrected chi connectivity index (χ1v) is 7.41. The van der Waals surface area contributed by atoms with Crippen LogP contribution in [0.3, 0.4) is 0 Å². The van der Waals surface area contributed by atoms with E-state index in [1.807, 2.05) is 38.1 Å². The number of halogens is 1. The number of nitrogens with one attached hydrogen (secondary N) is 2. The molecule has 6 heteroatoms. The number of hydrogen-bond acceptors (Lipinski definition) is 4. The van der Waals surface area contributed by atoms with Crippen molar-refractivity contribution in [3.05, 3.63) is 56.9 Å². The molecule has 3 rings (SSSR count). The van der Waals surface area contributed by atoms with Crippen molar-refractivity contribution < 1.29 is 4.42 Å². The Morgan fingerprint density at radius 1 is 1.35 bits per heavy atom. The lowest BCUT2D eigenvalue weighted by molar-refractivity contribution is 0.500. The molecule has 0 radical (unpaired) electrons. The zero-order chi connectivity index (χ0) is 14.1. The van der Waals surface area contributed by atoms with Gasteiger partial charge in [-0.2, -0.15) is 5.10 Å². The number of thiophene rings is 1. The Balaban J connectivity index is 1.99. The zero-order valence-electron chi connectivity index (χ0n) is 11.1. The van der Waals surface area contributed by atoms with E-state index in [1.165, 1.54) is 11.3 Å². The van der Waals surface area contributed by atoms with E-state index in [0.717, 1.165) is 32.0 Å². The summed E-state index contributed by atoms with van der Waals surface area (Å²) in [6, 6.07) is 7.67. The third-order valence-corrected chi connectivity index (χ3v) is 4.42. The standard InChI is InChI=1S/C14H14ClN3OS/c1-8-13(9(2)18-17-8)16-14(10-4-3-7-19-10)11-5-6-12(15)20-11/h3-7,14,16H,1-2H3,(H,17,18). The Kier molecular flexibility index (Phi) is 3.54. The highest BCUT2D eigenvalue weighted by Gasteiger charge is 2.21. The van der Waals surface area contributed by atoms with Crippen molar-refractivity contribution in [2.24, 2.45) is 0 Å². The van der Waals surface area contributed by atoms with Crippen molar-refractivity contribution in [3.63, 3.8) is 0 Å². The summed E-state index contributed by atoms with van der Waals surface area (Å²) < 4.78 is 6.32. The van der Waals surface area contributed by atoms with Crippen molar-refractivity contribution >= 4 is 28.6 Å². The van der Waals surface area contributed by atoms with E-state index in [-0.39, 0.29) is 6.04 Å². The van der Waals surface area contributed by atoms with Gasteiger partial charge in [-0.05, 0) is 38.1 Å². The number of nitrogens with zero attached hydrogens (tertiary/aromatic N) is 1. The summed E-state index contributed by atoms with van der Waals surface area (Å²) in [5, 5.41) is 10.7. The maximum atomic E-state index is 6.05. The van der Waals surface area contributed by atoms with Crippen LogP contribution in [0.5, 0.6) is 0 Å². The van der Waals surface area contributed by atoms with E-state index >= 15 is 0 Å². The molecule has 0 amide bonds. The first-order chi connectivity index (χ1) is 9.65. The van der Waals surface area contributed by atoms with Crippen LogP contribution in [0, 0.1) is 13.8 Å². The van der Waals surface area contributed by atoms with E-state index in [2.05, 4.69) is 15.5 Å². The first-order valence-electron chi connectivity index (χ1n) is 6.22. The average Bonchev–Trinajstić information content (AvgIpc) is 3.13. The molecule has 0 spiro atoms. The highest BCUT2D eigenvalue weighted by Crippen LogP contribution is 2.34. The highest BCUT2D eigenvalue weighted by molar-refractivity contribution is 7.16. The largest absolute Gasteiger partial charge is 0.467 e. The van der Waals surface area contributed by atoms with Crippen LogP contribution in [0.1, 0.15) is 28.1 Å². The van der Waals surface area contributed by atoms with Gasteiger partial charge >= 0.3 is 0 Å². The van der Waals surface area contributed by atoms with Gasteiger partial charge in [-0.1, -0.05) is 11.6 Å². The van der Waals surface area contributed by atoms with Crippen molar-refractivity contribution in [2.75, 3.05) is 5.32 Å². The molecule has 3 aromatic heterocycles. The Bertz CT molecular complexity index is 682. The number of anilines is 1. The van der Waals surface area contributed by atoms with Crippen LogP contribution in [-0.4, -0.2) is 10.2 Å². The summed E-state index contributed by atoms with van der Waals surface area (Å²) in [6.45, 7) is 3.95. The molecule has 0 aliphatic carbocycles. The molecule has 2 N–H and O–H groups in total. The van der Waals surface area contributed by atoms with Gasteiger partial charge in [-0.25, -0.2) is 0 Å². The van der Waals surface area contributed by atoms with Crippen LogP contribution in [-0.2, 0) is 0 Å². The lowest BCUT2D eigenvalue weighted by Crippen LogP contribution is -2.11. The molecule has 0 bridgehead atoms. The molecular weight excluding hydrogens is 294 g/mol. The lowest BCUT2D eigenvalue weighted by atomic mass is 10.1. The van der Waals surface area contributed by atoms with Crippen LogP contribution >= 0.6 is 22.9 Å². The third-order valence-electron chi connectivity index (χ3n) is 3.12. The quantitative estimate of drug-likeness (QED) is 0.744. The van der Waals surface area contributed by atoms with E-state index in [1.54, 1.807) is 6.26 Å². The monoisotopic (exact) mass is 307 g/mol. The minimum Gasteiger partial charge on any atom is -0.467 e. The Hall–Kier alpha value is -1.72. The summed E-state index contributed by atoms with van der Waals surface area (Å²) in [5.74, 6) is 0.850. The van der Waals surface area contributed by atoms with Crippen LogP contribution < -0.4 is 5.32 Å². The fourth-order valence-electron chi connectivity index (χ4n) is 2.13. The minimum absolute atomic E-state index is 0.0718. The maximum absolute atomic E-state index is 6.05. The minimum atomic E-state index is -0.0718. The van der Waals surface area contributed by atoms with Gasteiger partial charge in [0.15, 0.2) is 0 Å². The van der Waals surface area contributed by atoms with Crippen molar-refractivity contribution in [3.8, 4) is 0 Å². The van der Waals surface area contributed by atoms with Crippen molar-refractivity contribution in [2.45, 2.75) is 19.9 Å². The summed E-state index contributed by atoms with van der Waals surface area (Å²) in [4.78, 5) is 1.10. The number of aryl methyl sites for hydroxylation is 2. The Labute approximate surface area is 125 Å². The van der Waals surface area contributed by atoms with Gasteiger partial charge in [0.25, 0.3) is 0 Å². The maximum Gasteiger partial charge on any atom is 0.131 e.